The first-order valence-electron chi connectivity index (χ1n) is 7.08. The number of hydrogen-bond acceptors (Lipinski definition) is 5. The first-order chi connectivity index (χ1) is 10.6. The van der Waals surface area contributed by atoms with Gasteiger partial charge in [0, 0.05) is 6.20 Å². The van der Waals surface area contributed by atoms with Crippen molar-refractivity contribution in [3.8, 4) is 5.75 Å². The molecule has 0 amide bonds. The monoisotopic (exact) mass is 297 g/mol. The molecule has 22 heavy (non-hydrogen) atoms. The van der Waals surface area contributed by atoms with Crippen LogP contribution in [0.5, 0.6) is 5.75 Å². The Morgan fingerprint density at radius 1 is 1.36 bits per heavy atom. The van der Waals surface area contributed by atoms with Crippen LogP contribution in [0, 0.1) is 0 Å². The lowest BCUT2D eigenvalue weighted by Crippen LogP contribution is -2.48. The van der Waals surface area contributed by atoms with Crippen LogP contribution in [0.2, 0.25) is 0 Å². The van der Waals surface area contributed by atoms with Crippen LogP contribution in [0.3, 0.4) is 0 Å². The molecule has 2 heterocycles. The Morgan fingerprint density at radius 2 is 2.23 bits per heavy atom. The zero-order chi connectivity index (χ0) is 15.6. The topological polar surface area (TPSA) is 98.5 Å². The molecule has 1 aromatic carbocycles. The quantitative estimate of drug-likeness (QED) is 0.455. The molecular formula is C16H19N5O. The zero-order valence-electron chi connectivity index (χ0n) is 12.4. The fourth-order valence-corrected chi connectivity index (χ4v) is 2.49. The van der Waals surface area contributed by atoms with Gasteiger partial charge in [-0.25, -0.2) is 0 Å². The van der Waals surface area contributed by atoms with Crippen LogP contribution in [-0.2, 0) is 5.54 Å². The average molecular weight is 297 g/mol. The number of aromatic nitrogens is 1. The van der Waals surface area contributed by atoms with Crippen LogP contribution in [0.1, 0.15) is 12.6 Å². The fraction of sp³-hybridized carbons (Fsp3) is 0.250. The maximum absolute atomic E-state index is 6.07. The number of aliphatic imine (C=N–C) groups is 1. The van der Waals surface area contributed by atoms with Gasteiger partial charge in [0.2, 0.25) is 0 Å². The lowest BCUT2D eigenvalue weighted by atomic mass is 9.93. The third kappa shape index (κ3) is 2.55. The minimum absolute atomic E-state index is 0.400. The van der Waals surface area contributed by atoms with Crippen molar-refractivity contribution in [1.82, 2.24) is 4.98 Å². The minimum Gasteiger partial charge on any atom is -0.488 e. The van der Waals surface area contributed by atoms with Crippen LogP contribution in [-0.4, -0.2) is 24.0 Å². The fourth-order valence-electron chi connectivity index (χ4n) is 2.49. The Labute approximate surface area is 129 Å². The van der Waals surface area contributed by atoms with Gasteiger partial charge in [-0.05, 0) is 31.2 Å². The summed E-state index contributed by atoms with van der Waals surface area (Å²) in [4.78, 5) is 8.83. The second-order valence-electron chi connectivity index (χ2n) is 5.39. The second-order valence-corrected chi connectivity index (χ2v) is 5.39. The molecule has 1 unspecified atom stereocenters. The predicted molar refractivity (Wildman–Crippen MR) is 88.1 cm³/mol. The van der Waals surface area contributed by atoms with Crippen LogP contribution in [0.15, 0.2) is 47.6 Å². The number of rotatable bonds is 3. The van der Waals surface area contributed by atoms with E-state index in [9.17, 15) is 0 Å². The smallest absolute Gasteiger partial charge is 0.144 e. The minimum atomic E-state index is -0.593. The Balaban J connectivity index is 2.05. The zero-order valence-corrected chi connectivity index (χ0v) is 12.4. The number of nitrogens with one attached hydrogen (secondary N) is 1. The van der Waals surface area contributed by atoms with E-state index in [0.29, 0.717) is 24.7 Å². The van der Waals surface area contributed by atoms with E-state index in [-0.39, 0.29) is 0 Å². The Bertz CT molecular complexity index is 697. The first kappa shape index (κ1) is 14.2. The summed E-state index contributed by atoms with van der Waals surface area (Å²) < 4.78 is 5.91. The van der Waals surface area contributed by atoms with Gasteiger partial charge in [-0.3, -0.25) is 9.98 Å². The first-order valence-corrected chi connectivity index (χ1v) is 7.08. The Hall–Kier alpha value is -2.76. The summed E-state index contributed by atoms with van der Waals surface area (Å²) >= 11 is 0. The predicted octanol–water partition coefficient (Wildman–Crippen LogP) is 1.74. The van der Waals surface area contributed by atoms with Crippen LogP contribution in [0.25, 0.3) is 0 Å². The molecule has 3 rings (SSSR count). The molecule has 0 aliphatic carbocycles. The summed E-state index contributed by atoms with van der Waals surface area (Å²) in [5.41, 5.74) is 13.4. The number of amidine groups is 1. The molecule has 0 saturated heterocycles. The number of nitrogen functional groups attached to an aromatic ring is 1. The van der Waals surface area contributed by atoms with E-state index in [0.717, 1.165) is 17.1 Å². The van der Waals surface area contributed by atoms with E-state index in [1.54, 1.807) is 13.1 Å². The van der Waals surface area contributed by atoms with Gasteiger partial charge >= 0.3 is 0 Å². The number of ether oxygens (including phenoxy) is 1. The van der Waals surface area contributed by atoms with Crippen molar-refractivity contribution in [3.63, 3.8) is 0 Å². The summed E-state index contributed by atoms with van der Waals surface area (Å²) in [5, 5.41) is 3.48. The van der Waals surface area contributed by atoms with Crippen molar-refractivity contribution < 1.29 is 4.74 Å². The van der Waals surface area contributed by atoms with Crippen LogP contribution in [0.4, 0.5) is 11.4 Å². The van der Waals surface area contributed by atoms with Crippen LogP contribution < -0.4 is 21.5 Å². The van der Waals surface area contributed by atoms with E-state index in [4.69, 9.17) is 16.2 Å². The van der Waals surface area contributed by atoms with Crippen molar-refractivity contribution in [2.24, 2.45) is 10.7 Å². The highest BCUT2D eigenvalue weighted by molar-refractivity contribution is 5.78. The molecule has 1 aromatic heterocycles. The van der Waals surface area contributed by atoms with E-state index in [1.807, 2.05) is 36.4 Å². The number of hydrogen-bond donors (Lipinski definition) is 3. The SMILES string of the molecule is CC(N)=NCC1(c2ccccn2)COc2cccc(N)c2N1. The Kier molecular flexibility index (Phi) is 3.58. The maximum Gasteiger partial charge on any atom is 0.144 e. The molecular weight excluding hydrogens is 278 g/mol. The van der Waals surface area contributed by atoms with Gasteiger partial charge in [0.1, 0.15) is 23.6 Å². The van der Waals surface area contributed by atoms with Crippen molar-refractivity contribution in [2.45, 2.75) is 12.5 Å². The third-order valence-electron chi connectivity index (χ3n) is 3.65. The standard InChI is InChI=1S/C16H19N5O/c1-11(17)20-9-16(14-7-2-3-8-19-14)10-22-13-6-4-5-12(18)15(13)21-16/h2-8,21H,9-10,18H2,1H3,(H2,17,20). The summed E-state index contributed by atoms with van der Waals surface area (Å²) in [7, 11) is 0. The Morgan fingerprint density at radius 3 is 2.95 bits per heavy atom. The molecule has 0 radical (unpaired) electrons. The highest BCUT2D eigenvalue weighted by atomic mass is 16.5. The maximum atomic E-state index is 6.07. The summed E-state index contributed by atoms with van der Waals surface area (Å²) in [5.74, 6) is 1.25. The molecule has 0 spiro atoms. The summed E-state index contributed by atoms with van der Waals surface area (Å²) in [6, 6.07) is 11.3. The molecule has 114 valence electrons. The highest BCUT2D eigenvalue weighted by Crippen LogP contribution is 2.40. The van der Waals surface area contributed by atoms with Gasteiger partial charge < -0.3 is 21.5 Å². The summed E-state index contributed by atoms with van der Waals surface area (Å²) in [6.45, 7) is 2.58. The number of nitrogens with two attached hydrogens (primary N) is 2. The number of pyridine rings is 1. The molecule has 0 fully saturated rings. The van der Waals surface area contributed by atoms with Crippen molar-refractivity contribution in [1.29, 1.82) is 0 Å². The molecule has 6 heteroatoms. The number of para-hydroxylation sites is 1. The van der Waals surface area contributed by atoms with E-state index < -0.39 is 5.54 Å². The third-order valence-corrected chi connectivity index (χ3v) is 3.65. The van der Waals surface area contributed by atoms with Gasteiger partial charge in [0.15, 0.2) is 0 Å². The molecule has 1 atom stereocenters. The van der Waals surface area contributed by atoms with Crippen LogP contribution >= 0.6 is 0 Å². The average Bonchev–Trinajstić information content (AvgIpc) is 2.54. The number of nitrogens with zero attached hydrogens (tertiary/aromatic N) is 2. The van der Waals surface area contributed by atoms with Crippen molar-refractivity contribution >= 4 is 17.2 Å². The van der Waals surface area contributed by atoms with E-state index in [2.05, 4.69) is 15.3 Å². The number of fused-ring (bicyclic) bond motifs is 1. The largest absolute Gasteiger partial charge is 0.488 e. The second kappa shape index (κ2) is 5.55. The highest BCUT2D eigenvalue weighted by Gasteiger charge is 2.39. The molecule has 0 saturated carbocycles. The molecule has 2 aromatic rings. The van der Waals surface area contributed by atoms with Gasteiger partial charge in [-0.1, -0.05) is 12.1 Å². The normalized spacial score (nSPS) is 20.7. The lowest BCUT2D eigenvalue weighted by molar-refractivity contribution is 0.220. The van der Waals surface area contributed by atoms with Gasteiger partial charge in [0.25, 0.3) is 0 Å². The molecule has 6 nitrogen and oxygen atoms in total. The molecule has 1 aliphatic heterocycles. The number of anilines is 2. The van der Waals surface area contributed by atoms with Gasteiger partial charge in [0.05, 0.1) is 23.8 Å². The van der Waals surface area contributed by atoms with Crippen molar-refractivity contribution in [2.75, 3.05) is 24.2 Å². The molecule has 1 aliphatic rings. The van der Waals surface area contributed by atoms with Gasteiger partial charge in [-0.2, -0.15) is 0 Å². The van der Waals surface area contributed by atoms with E-state index >= 15 is 0 Å². The van der Waals surface area contributed by atoms with Gasteiger partial charge in [-0.15, -0.1) is 0 Å². The molecule has 5 N–H and O–H groups in total. The number of benzene rings is 1. The summed E-state index contributed by atoms with van der Waals surface area (Å²) in [6.07, 6.45) is 1.75. The lowest BCUT2D eigenvalue weighted by Gasteiger charge is -2.38. The van der Waals surface area contributed by atoms with Crippen molar-refractivity contribution in [3.05, 3.63) is 48.3 Å². The van der Waals surface area contributed by atoms with E-state index in [1.165, 1.54) is 0 Å². The molecule has 0 bridgehead atoms.